The molecule has 0 saturated heterocycles. The molecule has 1 atom stereocenters. The summed E-state index contributed by atoms with van der Waals surface area (Å²) in [4.78, 5) is 0. The van der Waals surface area contributed by atoms with Crippen molar-refractivity contribution >= 4 is 0 Å². The van der Waals surface area contributed by atoms with Gasteiger partial charge in [-0.1, -0.05) is 13.0 Å². The Morgan fingerprint density at radius 2 is 1.88 bits per heavy atom. The Morgan fingerprint density at radius 1 is 1.25 bits per heavy atom. The molecule has 0 aliphatic heterocycles. The monoisotopic (exact) mass is 219 g/mol. The standard InChI is InChI=1S/C14H21NO/c1-9-8-12(16-4)10(2)7-11(9)13(15)14(3)5-6-14/h7-8,13H,5-6,15H2,1-4H3. The van der Waals surface area contributed by atoms with E-state index in [4.69, 9.17) is 10.5 Å². The highest BCUT2D eigenvalue weighted by Crippen LogP contribution is 2.53. The third kappa shape index (κ3) is 1.82. The minimum Gasteiger partial charge on any atom is -0.496 e. The maximum absolute atomic E-state index is 6.35. The number of hydrogen-bond acceptors (Lipinski definition) is 2. The average molecular weight is 219 g/mol. The number of nitrogens with two attached hydrogens (primary N) is 1. The average Bonchev–Trinajstić information content (AvgIpc) is 2.99. The molecule has 88 valence electrons. The predicted molar refractivity (Wildman–Crippen MR) is 66.7 cm³/mol. The molecule has 2 rings (SSSR count). The van der Waals surface area contributed by atoms with E-state index in [1.807, 2.05) is 0 Å². The Morgan fingerprint density at radius 3 is 2.38 bits per heavy atom. The molecular weight excluding hydrogens is 198 g/mol. The molecule has 0 heterocycles. The SMILES string of the molecule is COc1cc(C)c(C(N)C2(C)CC2)cc1C. The zero-order valence-corrected chi connectivity index (χ0v) is 10.6. The summed E-state index contributed by atoms with van der Waals surface area (Å²) in [7, 11) is 1.71. The van der Waals surface area contributed by atoms with E-state index < -0.39 is 0 Å². The molecule has 1 unspecified atom stereocenters. The molecule has 1 fully saturated rings. The van der Waals surface area contributed by atoms with Gasteiger partial charge in [0, 0.05) is 6.04 Å². The summed E-state index contributed by atoms with van der Waals surface area (Å²) < 4.78 is 5.32. The highest BCUT2D eigenvalue weighted by molar-refractivity contribution is 5.43. The van der Waals surface area contributed by atoms with Crippen LogP contribution >= 0.6 is 0 Å². The van der Waals surface area contributed by atoms with Crippen molar-refractivity contribution in [2.45, 2.75) is 39.7 Å². The molecule has 1 aliphatic rings. The smallest absolute Gasteiger partial charge is 0.122 e. The lowest BCUT2D eigenvalue weighted by atomic mass is 9.89. The Hall–Kier alpha value is -1.02. The van der Waals surface area contributed by atoms with Gasteiger partial charge >= 0.3 is 0 Å². The Bertz CT molecular complexity index is 407. The second-order valence-electron chi connectivity index (χ2n) is 5.31. The first-order valence-corrected chi connectivity index (χ1v) is 5.88. The Kier molecular flexibility index (Phi) is 2.70. The summed E-state index contributed by atoms with van der Waals surface area (Å²) in [6.07, 6.45) is 2.50. The molecular formula is C14H21NO. The van der Waals surface area contributed by atoms with Crippen molar-refractivity contribution in [2.75, 3.05) is 7.11 Å². The van der Waals surface area contributed by atoms with Gasteiger partial charge in [-0.05, 0) is 54.9 Å². The van der Waals surface area contributed by atoms with Crippen molar-refractivity contribution in [1.29, 1.82) is 0 Å². The van der Waals surface area contributed by atoms with E-state index in [2.05, 4.69) is 32.9 Å². The number of hydrogen-bond donors (Lipinski definition) is 1. The second kappa shape index (κ2) is 3.77. The van der Waals surface area contributed by atoms with E-state index in [1.165, 1.54) is 29.5 Å². The first-order chi connectivity index (χ1) is 7.48. The fraction of sp³-hybridized carbons (Fsp3) is 0.571. The van der Waals surface area contributed by atoms with Crippen molar-refractivity contribution in [3.05, 3.63) is 28.8 Å². The molecule has 1 aliphatic carbocycles. The van der Waals surface area contributed by atoms with Crippen LogP contribution in [0.5, 0.6) is 5.75 Å². The quantitative estimate of drug-likeness (QED) is 0.847. The van der Waals surface area contributed by atoms with E-state index in [9.17, 15) is 0 Å². The third-order valence-electron chi connectivity index (χ3n) is 3.91. The summed E-state index contributed by atoms with van der Waals surface area (Å²) in [5, 5.41) is 0. The molecule has 1 saturated carbocycles. The minimum atomic E-state index is 0.164. The highest BCUT2D eigenvalue weighted by atomic mass is 16.5. The number of ether oxygens (including phenoxy) is 1. The Labute approximate surface area is 97.8 Å². The molecule has 2 nitrogen and oxygen atoms in total. The van der Waals surface area contributed by atoms with Crippen molar-refractivity contribution in [3.8, 4) is 5.75 Å². The molecule has 16 heavy (non-hydrogen) atoms. The summed E-state index contributed by atoms with van der Waals surface area (Å²) in [6.45, 7) is 6.46. The van der Waals surface area contributed by atoms with E-state index in [1.54, 1.807) is 7.11 Å². The first kappa shape index (κ1) is 11.5. The van der Waals surface area contributed by atoms with Gasteiger partial charge in [-0.2, -0.15) is 0 Å². The fourth-order valence-electron chi connectivity index (χ4n) is 2.25. The molecule has 2 N–H and O–H groups in total. The van der Waals surface area contributed by atoms with Crippen molar-refractivity contribution in [1.82, 2.24) is 0 Å². The van der Waals surface area contributed by atoms with Crippen LogP contribution in [0.15, 0.2) is 12.1 Å². The predicted octanol–water partition coefficient (Wildman–Crippen LogP) is 3.11. The lowest BCUT2D eigenvalue weighted by Gasteiger charge is -2.22. The van der Waals surface area contributed by atoms with Crippen LogP contribution in [0.3, 0.4) is 0 Å². The van der Waals surface area contributed by atoms with Crippen LogP contribution in [0.4, 0.5) is 0 Å². The van der Waals surface area contributed by atoms with E-state index >= 15 is 0 Å². The van der Waals surface area contributed by atoms with Crippen LogP contribution in [0.25, 0.3) is 0 Å². The summed E-state index contributed by atoms with van der Waals surface area (Å²) >= 11 is 0. The van der Waals surface area contributed by atoms with Gasteiger partial charge in [0.25, 0.3) is 0 Å². The van der Waals surface area contributed by atoms with Gasteiger partial charge < -0.3 is 10.5 Å². The van der Waals surface area contributed by atoms with E-state index in [0.29, 0.717) is 5.41 Å². The lowest BCUT2D eigenvalue weighted by Crippen LogP contribution is -2.21. The van der Waals surface area contributed by atoms with Gasteiger partial charge in [0.2, 0.25) is 0 Å². The summed E-state index contributed by atoms with van der Waals surface area (Å²) in [5.41, 5.74) is 10.4. The zero-order chi connectivity index (χ0) is 11.9. The number of rotatable bonds is 3. The van der Waals surface area contributed by atoms with Gasteiger partial charge in [-0.25, -0.2) is 0 Å². The number of methoxy groups -OCH3 is 1. The maximum Gasteiger partial charge on any atom is 0.122 e. The van der Waals surface area contributed by atoms with Crippen LogP contribution in [0.1, 0.15) is 42.5 Å². The summed E-state index contributed by atoms with van der Waals surface area (Å²) in [6, 6.07) is 4.44. The van der Waals surface area contributed by atoms with Gasteiger partial charge in [-0.3, -0.25) is 0 Å². The van der Waals surface area contributed by atoms with Crippen molar-refractivity contribution in [2.24, 2.45) is 11.1 Å². The van der Waals surface area contributed by atoms with E-state index in [0.717, 1.165) is 5.75 Å². The maximum atomic E-state index is 6.35. The van der Waals surface area contributed by atoms with Gasteiger partial charge in [0.15, 0.2) is 0 Å². The second-order valence-corrected chi connectivity index (χ2v) is 5.31. The normalized spacial score (nSPS) is 19.3. The van der Waals surface area contributed by atoms with Gasteiger partial charge in [0.05, 0.1) is 7.11 Å². The summed E-state index contributed by atoms with van der Waals surface area (Å²) in [5.74, 6) is 0.953. The highest BCUT2D eigenvalue weighted by Gasteiger charge is 2.44. The third-order valence-corrected chi connectivity index (χ3v) is 3.91. The molecule has 0 aromatic heterocycles. The number of aryl methyl sites for hydroxylation is 2. The fourth-order valence-corrected chi connectivity index (χ4v) is 2.25. The van der Waals surface area contributed by atoms with Crippen LogP contribution in [0, 0.1) is 19.3 Å². The van der Waals surface area contributed by atoms with Crippen LogP contribution in [-0.2, 0) is 0 Å². The molecule has 0 radical (unpaired) electrons. The van der Waals surface area contributed by atoms with Crippen LogP contribution < -0.4 is 10.5 Å². The molecule has 0 bridgehead atoms. The molecule has 0 spiro atoms. The molecule has 2 heteroatoms. The Balaban J connectivity index is 2.38. The molecule has 1 aromatic carbocycles. The zero-order valence-electron chi connectivity index (χ0n) is 10.6. The molecule has 1 aromatic rings. The van der Waals surface area contributed by atoms with Crippen molar-refractivity contribution < 1.29 is 4.74 Å². The topological polar surface area (TPSA) is 35.2 Å². The molecule has 0 amide bonds. The van der Waals surface area contributed by atoms with E-state index in [-0.39, 0.29) is 6.04 Å². The van der Waals surface area contributed by atoms with Gasteiger partial charge in [0.1, 0.15) is 5.75 Å². The lowest BCUT2D eigenvalue weighted by molar-refractivity contribution is 0.409. The van der Waals surface area contributed by atoms with Gasteiger partial charge in [-0.15, -0.1) is 0 Å². The van der Waals surface area contributed by atoms with Crippen molar-refractivity contribution in [3.63, 3.8) is 0 Å². The van der Waals surface area contributed by atoms with Crippen LogP contribution in [-0.4, -0.2) is 7.11 Å². The largest absolute Gasteiger partial charge is 0.496 e. The first-order valence-electron chi connectivity index (χ1n) is 5.88. The van der Waals surface area contributed by atoms with Crippen LogP contribution in [0.2, 0.25) is 0 Å². The minimum absolute atomic E-state index is 0.164. The number of benzene rings is 1.